The second kappa shape index (κ2) is 9.09. The first kappa shape index (κ1) is 20.1. The van der Waals surface area contributed by atoms with E-state index in [4.69, 9.17) is 9.26 Å². The quantitative estimate of drug-likeness (QED) is 0.669. The van der Waals surface area contributed by atoms with Crippen LogP contribution in [0.15, 0.2) is 53.1 Å². The van der Waals surface area contributed by atoms with E-state index in [1.54, 1.807) is 7.11 Å². The molecule has 7 nitrogen and oxygen atoms in total. The van der Waals surface area contributed by atoms with Gasteiger partial charge in [0.2, 0.25) is 17.6 Å². The van der Waals surface area contributed by atoms with Gasteiger partial charge in [0.1, 0.15) is 5.75 Å². The van der Waals surface area contributed by atoms with Crippen molar-refractivity contribution in [2.75, 3.05) is 25.5 Å². The van der Waals surface area contributed by atoms with Gasteiger partial charge in [0.25, 0.3) is 0 Å². The first-order valence-corrected chi connectivity index (χ1v) is 10.2. The molecule has 3 aromatic rings. The molecule has 0 spiro atoms. The number of nitrogens with zero attached hydrogens (tertiary/aromatic N) is 3. The third-order valence-corrected chi connectivity index (χ3v) is 5.42. The zero-order valence-electron chi connectivity index (χ0n) is 17.3. The van der Waals surface area contributed by atoms with Gasteiger partial charge in [-0.15, -0.1) is 0 Å². The molecule has 30 heavy (non-hydrogen) atoms. The van der Waals surface area contributed by atoms with Crippen LogP contribution in [0.25, 0.3) is 11.4 Å². The van der Waals surface area contributed by atoms with Crippen molar-refractivity contribution in [3.63, 3.8) is 0 Å². The molecule has 2 aromatic carbocycles. The number of carbonyl (C=O) groups excluding carboxylic acids is 1. The van der Waals surface area contributed by atoms with Crippen molar-refractivity contribution in [3.05, 3.63) is 60.0 Å². The van der Waals surface area contributed by atoms with E-state index in [1.165, 1.54) is 0 Å². The number of likely N-dealkylation sites (tertiary alicyclic amines) is 1. The molecule has 0 saturated carbocycles. The van der Waals surface area contributed by atoms with Gasteiger partial charge in [0.05, 0.1) is 13.7 Å². The number of amides is 1. The number of aromatic nitrogens is 2. The van der Waals surface area contributed by atoms with Gasteiger partial charge in [0, 0.05) is 17.2 Å². The molecule has 0 atom stereocenters. The number of methoxy groups -OCH3 is 1. The Hall–Kier alpha value is -3.19. The molecule has 4 rings (SSSR count). The predicted molar refractivity (Wildman–Crippen MR) is 114 cm³/mol. The summed E-state index contributed by atoms with van der Waals surface area (Å²) in [6.07, 6.45) is 1.63. The van der Waals surface area contributed by atoms with E-state index in [0.717, 1.165) is 48.5 Å². The fraction of sp³-hybridized carbons (Fsp3) is 0.348. The van der Waals surface area contributed by atoms with Gasteiger partial charge in [-0.1, -0.05) is 17.3 Å². The van der Waals surface area contributed by atoms with Crippen LogP contribution >= 0.6 is 0 Å². The van der Waals surface area contributed by atoms with Gasteiger partial charge in [-0.3, -0.25) is 9.69 Å². The molecular weight excluding hydrogens is 380 g/mol. The second-order valence-electron chi connectivity index (χ2n) is 7.65. The molecule has 1 aliphatic heterocycles. The largest absolute Gasteiger partial charge is 0.497 e. The number of hydrogen-bond acceptors (Lipinski definition) is 6. The molecule has 1 N–H and O–H groups in total. The van der Waals surface area contributed by atoms with Crippen molar-refractivity contribution in [3.8, 4) is 17.1 Å². The average molecular weight is 406 g/mol. The van der Waals surface area contributed by atoms with Crippen LogP contribution in [0.5, 0.6) is 5.75 Å². The summed E-state index contributed by atoms with van der Waals surface area (Å²) in [5, 5.41) is 7.13. The lowest BCUT2D eigenvalue weighted by atomic mass is 9.96. The number of rotatable bonds is 6. The maximum atomic E-state index is 12.6. The summed E-state index contributed by atoms with van der Waals surface area (Å²) in [7, 11) is 1.64. The summed E-state index contributed by atoms with van der Waals surface area (Å²) < 4.78 is 10.6. The predicted octanol–water partition coefficient (Wildman–Crippen LogP) is 3.90. The van der Waals surface area contributed by atoms with Crippen LogP contribution in [0.1, 0.15) is 24.3 Å². The monoisotopic (exact) mass is 406 g/mol. The third-order valence-electron chi connectivity index (χ3n) is 5.42. The minimum atomic E-state index is 0.0271. The molecule has 2 heterocycles. The molecular formula is C23H26N4O3. The van der Waals surface area contributed by atoms with E-state index in [1.807, 2.05) is 55.5 Å². The molecule has 1 saturated heterocycles. The third kappa shape index (κ3) is 4.86. The molecule has 0 radical (unpaired) electrons. The number of benzene rings is 2. The van der Waals surface area contributed by atoms with Crippen LogP contribution in [0.2, 0.25) is 0 Å². The van der Waals surface area contributed by atoms with Crippen LogP contribution in [-0.2, 0) is 11.3 Å². The zero-order valence-corrected chi connectivity index (χ0v) is 17.3. The van der Waals surface area contributed by atoms with Gasteiger partial charge >= 0.3 is 0 Å². The molecule has 0 bridgehead atoms. The maximum Gasteiger partial charge on any atom is 0.241 e. The van der Waals surface area contributed by atoms with Gasteiger partial charge in [-0.2, -0.15) is 4.98 Å². The van der Waals surface area contributed by atoms with Crippen molar-refractivity contribution in [1.82, 2.24) is 15.0 Å². The smallest absolute Gasteiger partial charge is 0.241 e. The minimum Gasteiger partial charge on any atom is -0.497 e. The maximum absolute atomic E-state index is 12.6. The molecule has 1 aliphatic rings. The van der Waals surface area contributed by atoms with Crippen LogP contribution in [0.4, 0.5) is 5.69 Å². The van der Waals surface area contributed by atoms with Gasteiger partial charge in [-0.05, 0) is 74.8 Å². The highest BCUT2D eigenvalue weighted by Crippen LogP contribution is 2.23. The van der Waals surface area contributed by atoms with Gasteiger partial charge < -0.3 is 14.6 Å². The Morgan fingerprint density at radius 3 is 2.67 bits per heavy atom. The van der Waals surface area contributed by atoms with Gasteiger partial charge in [-0.25, -0.2) is 0 Å². The topological polar surface area (TPSA) is 80.5 Å². The Bertz CT molecular complexity index is 992. The fourth-order valence-corrected chi connectivity index (χ4v) is 3.69. The molecule has 1 amide bonds. The van der Waals surface area contributed by atoms with E-state index < -0.39 is 0 Å². The standard InChI is InChI=1S/C23H26N4O3/c1-16-4-3-5-19(14-16)24-23(28)18-10-12-27(13-11-18)15-21-25-22(26-30-21)17-6-8-20(29-2)9-7-17/h3-9,14,18H,10-13,15H2,1-2H3,(H,24,28). The summed E-state index contributed by atoms with van der Waals surface area (Å²) in [4.78, 5) is 19.3. The normalized spacial score (nSPS) is 15.1. The van der Waals surface area contributed by atoms with Crippen LogP contribution in [0, 0.1) is 12.8 Å². The van der Waals surface area contributed by atoms with E-state index in [0.29, 0.717) is 18.3 Å². The van der Waals surface area contributed by atoms with Crippen molar-refractivity contribution in [1.29, 1.82) is 0 Å². The van der Waals surface area contributed by atoms with E-state index in [2.05, 4.69) is 20.4 Å². The van der Waals surface area contributed by atoms with E-state index in [9.17, 15) is 4.79 Å². The average Bonchev–Trinajstić information content (AvgIpc) is 3.23. The lowest BCUT2D eigenvalue weighted by molar-refractivity contribution is -0.121. The van der Waals surface area contributed by atoms with Crippen molar-refractivity contribution >= 4 is 11.6 Å². The van der Waals surface area contributed by atoms with E-state index in [-0.39, 0.29) is 11.8 Å². The molecule has 1 fully saturated rings. The Morgan fingerprint density at radius 2 is 1.97 bits per heavy atom. The Morgan fingerprint density at radius 1 is 1.20 bits per heavy atom. The highest BCUT2D eigenvalue weighted by atomic mass is 16.5. The highest BCUT2D eigenvalue weighted by molar-refractivity contribution is 5.92. The number of aryl methyl sites for hydroxylation is 1. The summed E-state index contributed by atoms with van der Waals surface area (Å²) in [6.45, 7) is 4.26. The first-order valence-electron chi connectivity index (χ1n) is 10.2. The molecule has 156 valence electrons. The van der Waals surface area contributed by atoms with Crippen molar-refractivity contribution < 1.29 is 14.1 Å². The molecule has 7 heteroatoms. The molecule has 1 aromatic heterocycles. The lowest BCUT2D eigenvalue weighted by Crippen LogP contribution is -2.37. The Labute approximate surface area is 176 Å². The first-order chi connectivity index (χ1) is 14.6. The van der Waals surface area contributed by atoms with Crippen molar-refractivity contribution in [2.24, 2.45) is 5.92 Å². The van der Waals surface area contributed by atoms with E-state index >= 15 is 0 Å². The summed E-state index contributed by atoms with van der Waals surface area (Å²) in [6, 6.07) is 15.5. The van der Waals surface area contributed by atoms with Crippen LogP contribution < -0.4 is 10.1 Å². The highest BCUT2D eigenvalue weighted by Gasteiger charge is 2.26. The number of carbonyl (C=O) groups is 1. The van der Waals surface area contributed by atoms with Crippen LogP contribution in [-0.4, -0.2) is 41.1 Å². The number of nitrogens with one attached hydrogen (secondary N) is 1. The van der Waals surface area contributed by atoms with Crippen molar-refractivity contribution in [2.45, 2.75) is 26.3 Å². The van der Waals surface area contributed by atoms with Crippen LogP contribution in [0.3, 0.4) is 0 Å². The molecule has 0 aliphatic carbocycles. The second-order valence-corrected chi connectivity index (χ2v) is 7.65. The molecule has 0 unspecified atom stereocenters. The number of piperidine rings is 1. The Balaban J connectivity index is 1.28. The SMILES string of the molecule is COc1ccc(-c2noc(CN3CCC(C(=O)Nc4cccc(C)c4)CC3)n2)cc1. The zero-order chi connectivity index (χ0) is 20.9. The summed E-state index contributed by atoms with van der Waals surface area (Å²) >= 11 is 0. The lowest BCUT2D eigenvalue weighted by Gasteiger charge is -2.30. The fourth-order valence-electron chi connectivity index (χ4n) is 3.69. The Kier molecular flexibility index (Phi) is 6.09. The summed E-state index contributed by atoms with van der Waals surface area (Å²) in [5.41, 5.74) is 2.88. The number of ether oxygens (including phenoxy) is 1. The minimum absolute atomic E-state index is 0.0271. The number of hydrogen-bond donors (Lipinski definition) is 1. The summed E-state index contributed by atoms with van der Waals surface area (Å²) in [5.74, 6) is 2.07. The number of anilines is 1. The van der Waals surface area contributed by atoms with Gasteiger partial charge in [0.15, 0.2) is 0 Å².